The van der Waals surface area contributed by atoms with Crippen LogP contribution >= 0.6 is 12.2 Å². The summed E-state index contributed by atoms with van der Waals surface area (Å²) in [5, 5.41) is 10.1. The number of aromatic amines is 1. The molecule has 3 rings (SSSR count). The number of carbonyl (C=O) groups is 1. The number of hydrogen-bond acceptors (Lipinski definition) is 4. The van der Waals surface area contributed by atoms with E-state index in [2.05, 4.69) is 15.5 Å². The molecule has 0 bridgehead atoms. The van der Waals surface area contributed by atoms with Crippen molar-refractivity contribution < 1.29 is 9.21 Å². The summed E-state index contributed by atoms with van der Waals surface area (Å²) in [5.41, 5.74) is 2.11. The zero-order chi connectivity index (χ0) is 18.7. The first-order chi connectivity index (χ1) is 12.4. The highest BCUT2D eigenvalue weighted by molar-refractivity contribution is 7.71. The van der Waals surface area contributed by atoms with Crippen LogP contribution in [0.3, 0.4) is 0 Å². The normalized spacial score (nSPS) is 12.1. The highest BCUT2D eigenvalue weighted by Crippen LogP contribution is 2.19. The standard InChI is InChI=1S/C19H22N4O2S/c1-12-5-4-6-15(11-12)18-21-22-19(26)23(18)10-9-17(24)20-14(3)16-8-7-13(2)25-16/h4-8,11,14H,9-10H2,1-3H3,(H,20,24)(H,22,26). The molecule has 0 radical (unpaired) electrons. The van der Waals surface area contributed by atoms with Crippen molar-refractivity contribution in [3.63, 3.8) is 0 Å². The molecule has 3 aromatic rings. The molecule has 136 valence electrons. The third-order valence-corrected chi connectivity index (χ3v) is 4.47. The summed E-state index contributed by atoms with van der Waals surface area (Å²) in [4.78, 5) is 12.3. The number of carbonyl (C=O) groups excluding carboxylic acids is 1. The van der Waals surface area contributed by atoms with Gasteiger partial charge in [0, 0.05) is 18.5 Å². The first-order valence-electron chi connectivity index (χ1n) is 8.52. The molecule has 7 heteroatoms. The lowest BCUT2D eigenvalue weighted by atomic mass is 10.1. The van der Waals surface area contributed by atoms with Gasteiger partial charge in [-0.1, -0.05) is 23.8 Å². The summed E-state index contributed by atoms with van der Waals surface area (Å²) in [5.74, 6) is 2.25. The molecule has 2 aromatic heterocycles. The fourth-order valence-corrected chi connectivity index (χ4v) is 3.04. The maximum atomic E-state index is 12.3. The van der Waals surface area contributed by atoms with Crippen LogP contribution < -0.4 is 5.32 Å². The van der Waals surface area contributed by atoms with Crippen LogP contribution in [0.25, 0.3) is 11.4 Å². The van der Waals surface area contributed by atoms with Gasteiger partial charge in [0.25, 0.3) is 0 Å². The highest BCUT2D eigenvalue weighted by Gasteiger charge is 2.14. The lowest BCUT2D eigenvalue weighted by Crippen LogP contribution is -2.27. The Balaban J connectivity index is 1.67. The molecule has 6 nitrogen and oxygen atoms in total. The van der Waals surface area contributed by atoms with E-state index in [1.165, 1.54) is 0 Å². The van der Waals surface area contributed by atoms with E-state index in [9.17, 15) is 4.79 Å². The first kappa shape index (κ1) is 18.1. The molecule has 0 spiro atoms. The molecule has 0 saturated heterocycles. The topological polar surface area (TPSA) is 75.8 Å². The minimum Gasteiger partial charge on any atom is -0.464 e. The Bertz CT molecular complexity index is 970. The van der Waals surface area contributed by atoms with Gasteiger partial charge in [0.15, 0.2) is 10.6 Å². The summed E-state index contributed by atoms with van der Waals surface area (Å²) in [6.07, 6.45) is 0.302. The second-order valence-corrected chi connectivity index (χ2v) is 6.75. The Morgan fingerprint density at radius 1 is 1.35 bits per heavy atom. The number of amides is 1. The van der Waals surface area contributed by atoms with Crippen LogP contribution in [0.5, 0.6) is 0 Å². The van der Waals surface area contributed by atoms with E-state index in [1.54, 1.807) is 0 Å². The average molecular weight is 370 g/mol. The van der Waals surface area contributed by atoms with Crippen molar-refractivity contribution in [3.05, 3.63) is 58.3 Å². The summed E-state index contributed by atoms with van der Waals surface area (Å²) in [7, 11) is 0. The van der Waals surface area contributed by atoms with E-state index in [0.717, 1.165) is 28.5 Å². The number of benzene rings is 1. The van der Waals surface area contributed by atoms with Crippen LogP contribution in [0, 0.1) is 18.6 Å². The number of furan rings is 1. The van der Waals surface area contributed by atoms with Gasteiger partial charge in [0.1, 0.15) is 11.5 Å². The number of nitrogens with zero attached hydrogens (tertiary/aromatic N) is 2. The van der Waals surface area contributed by atoms with Crippen LogP contribution in [-0.4, -0.2) is 20.7 Å². The molecule has 1 aromatic carbocycles. The molecule has 0 aliphatic carbocycles. The third-order valence-electron chi connectivity index (χ3n) is 4.16. The minimum absolute atomic E-state index is 0.0650. The van der Waals surface area contributed by atoms with Crippen LogP contribution in [-0.2, 0) is 11.3 Å². The first-order valence-corrected chi connectivity index (χ1v) is 8.93. The van der Waals surface area contributed by atoms with Gasteiger partial charge >= 0.3 is 0 Å². The Labute approximate surface area is 157 Å². The number of H-pyrrole nitrogens is 1. The summed E-state index contributed by atoms with van der Waals surface area (Å²) < 4.78 is 7.91. The fraction of sp³-hybridized carbons (Fsp3) is 0.316. The molecule has 1 amide bonds. The SMILES string of the molecule is Cc1cccc(-c2n[nH]c(=S)n2CCC(=O)NC(C)c2ccc(C)o2)c1. The molecule has 2 heterocycles. The van der Waals surface area contributed by atoms with Crippen molar-refractivity contribution in [1.29, 1.82) is 0 Å². The Kier molecular flexibility index (Phi) is 5.37. The lowest BCUT2D eigenvalue weighted by Gasteiger charge is -2.12. The molecule has 1 atom stereocenters. The monoisotopic (exact) mass is 370 g/mol. The van der Waals surface area contributed by atoms with E-state index in [-0.39, 0.29) is 11.9 Å². The van der Waals surface area contributed by atoms with E-state index < -0.39 is 0 Å². The molecule has 0 fully saturated rings. The zero-order valence-corrected chi connectivity index (χ0v) is 15.9. The number of aromatic nitrogens is 3. The van der Waals surface area contributed by atoms with Gasteiger partial charge in [0.05, 0.1) is 6.04 Å². The maximum Gasteiger partial charge on any atom is 0.222 e. The van der Waals surface area contributed by atoms with Crippen molar-refractivity contribution >= 4 is 18.1 Å². The molecule has 26 heavy (non-hydrogen) atoms. The molecule has 2 N–H and O–H groups in total. The van der Waals surface area contributed by atoms with Crippen LogP contribution in [0.2, 0.25) is 0 Å². The molecule has 0 saturated carbocycles. The fourth-order valence-electron chi connectivity index (χ4n) is 2.81. The van der Waals surface area contributed by atoms with Gasteiger partial charge in [-0.15, -0.1) is 0 Å². The van der Waals surface area contributed by atoms with E-state index in [1.807, 2.05) is 61.7 Å². The van der Waals surface area contributed by atoms with Crippen molar-refractivity contribution in [2.45, 2.75) is 39.8 Å². The van der Waals surface area contributed by atoms with E-state index >= 15 is 0 Å². The van der Waals surface area contributed by atoms with E-state index in [0.29, 0.717) is 17.7 Å². The summed E-state index contributed by atoms with van der Waals surface area (Å²) in [6, 6.07) is 11.6. The van der Waals surface area contributed by atoms with Gasteiger partial charge in [-0.05, 0) is 51.2 Å². The van der Waals surface area contributed by atoms with Gasteiger partial charge in [0.2, 0.25) is 5.91 Å². The lowest BCUT2D eigenvalue weighted by molar-refractivity contribution is -0.122. The summed E-state index contributed by atoms with van der Waals surface area (Å²) in [6.45, 7) is 6.26. The number of rotatable bonds is 6. The van der Waals surface area contributed by atoms with Gasteiger partial charge in [-0.3, -0.25) is 14.5 Å². The highest BCUT2D eigenvalue weighted by atomic mass is 32.1. The predicted octanol–water partition coefficient (Wildman–Crippen LogP) is 4.09. The predicted molar refractivity (Wildman–Crippen MR) is 102 cm³/mol. The molecule has 1 unspecified atom stereocenters. The molecular weight excluding hydrogens is 348 g/mol. The molecule has 0 aliphatic rings. The van der Waals surface area contributed by atoms with Crippen molar-refractivity contribution in [2.24, 2.45) is 0 Å². The second kappa shape index (κ2) is 7.70. The van der Waals surface area contributed by atoms with Crippen molar-refractivity contribution in [1.82, 2.24) is 20.1 Å². The Morgan fingerprint density at radius 2 is 2.15 bits per heavy atom. The number of hydrogen-bond donors (Lipinski definition) is 2. The quantitative estimate of drug-likeness (QED) is 0.641. The van der Waals surface area contributed by atoms with Crippen LogP contribution in [0.1, 0.15) is 36.5 Å². The van der Waals surface area contributed by atoms with Crippen LogP contribution in [0.4, 0.5) is 0 Å². The largest absolute Gasteiger partial charge is 0.464 e. The molecule has 0 aliphatic heterocycles. The number of nitrogens with one attached hydrogen (secondary N) is 2. The van der Waals surface area contributed by atoms with E-state index in [4.69, 9.17) is 16.6 Å². The molecular formula is C19H22N4O2S. The van der Waals surface area contributed by atoms with Gasteiger partial charge in [-0.25, -0.2) is 0 Å². The van der Waals surface area contributed by atoms with Crippen molar-refractivity contribution in [3.8, 4) is 11.4 Å². The van der Waals surface area contributed by atoms with Crippen LogP contribution in [0.15, 0.2) is 40.8 Å². The van der Waals surface area contributed by atoms with Gasteiger partial charge in [-0.2, -0.15) is 5.10 Å². The zero-order valence-electron chi connectivity index (χ0n) is 15.1. The third kappa shape index (κ3) is 4.11. The maximum absolute atomic E-state index is 12.3. The second-order valence-electron chi connectivity index (χ2n) is 6.36. The average Bonchev–Trinajstić information content (AvgIpc) is 3.19. The Morgan fingerprint density at radius 3 is 2.85 bits per heavy atom. The van der Waals surface area contributed by atoms with Gasteiger partial charge < -0.3 is 9.73 Å². The Hall–Kier alpha value is -2.67. The minimum atomic E-state index is -0.176. The smallest absolute Gasteiger partial charge is 0.222 e. The van der Waals surface area contributed by atoms with Crippen molar-refractivity contribution in [2.75, 3.05) is 0 Å². The number of aryl methyl sites for hydroxylation is 2. The summed E-state index contributed by atoms with van der Waals surface area (Å²) >= 11 is 5.32.